The number of aromatic nitrogens is 1. The highest BCUT2D eigenvalue weighted by Crippen LogP contribution is 2.33. The maximum absolute atomic E-state index is 12.2. The van der Waals surface area contributed by atoms with Gasteiger partial charge in [0, 0.05) is 11.1 Å². The van der Waals surface area contributed by atoms with Crippen LogP contribution in [0, 0.1) is 6.92 Å². The summed E-state index contributed by atoms with van der Waals surface area (Å²) in [6, 6.07) is 5.70. The molecule has 0 fully saturated rings. The predicted molar refractivity (Wildman–Crippen MR) is 97.8 cm³/mol. The molecule has 6 nitrogen and oxygen atoms in total. The minimum absolute atomic E-state index is 0.148. The molecular weight excluding hydrogens is 338 g/mol. The highest BCUT2D eigenvalue weighted by atomic mass is 32.1. The molecule has 0 aliphatic rings. The van der Waals surface area contributed by atoms with Crippen LogP contribution in [0.2, 0.25) is 0 Å². The van der Waals surface area contributed by atoms with Crippen LogP contribution in [0.5, 0.6) is 0 Å². The van der Waals surface area contributed by atoms with Gasteiger partial charge in [0.25, 0.3) is 5.91 Å². The number of rotatable bonds is 8. The molecule has 0 radical (unpaired) electrons. The van der Waals surface area contributed by atoms with Gasteiger partial charge in [0.1, 0.15) is 11.5 Å². The van der Waals surface area contributed by atoms with Gasteiger partial charge in [-0.2, -0.15) is 0 Å². The molecule has 2 heterocycles. The molecule has 0 saturated carbocycles. The molecule has 7 heteroatoms. The van der Waals surface area contributed by atoms with Gasteiger partial charge in [0.2, 0.25) is 0 Å². The van der Waals surface area contributed by atoms with E-state index >= 15 is 0 Å². The number of nitrogens with one attached hydrogen (secondary N) is 1. The molecule has 0 atom stereocenters. The molecule has 2 aromatic heterocycles. The molecular formula is C18H24N3O3S+. The molecule has 0 bridgehead atoms. The highest BCUT2D eigenvalue weighted by molar-refractivity contribution is 7.17. The summed E-state index contributed by atoms with van der Waals surface area (Å²) in [4.78, 5) is 29.7. The van der Waals surface area contributed by atoms with Crippen molar-refractivity contribution in [1.82, 2.24) is 4.98 Å². The lowest BCUT2D eigenvalue weighted by Crippen LogP contribution is -2.84. The SMILES string of the molecule is CCOC(=O)c1c(NC(=O)C[NH2+]Cc2ccccn2)sc(CC)c1C. The molecule has 0 unspecified atom stereocenters. The number of esters is 1. The van der Waals surface area contributed by atoms with Gasteiger partial charge in [-0.05, 0) is 38.0 Å². The van der Waals surface area contributed by atoms with Gasteiger partial charge in [-0.3, -0.25) is 9.78 Å². The van der Waals surface area contributed by atoms with Crippen molar-refractivity contribution >= 4 is 28.2 Å². The van der Waals surface area contributed by atoms with E-state index in [-0.39, 0.29) is 18.4 Å². The molecule has 0 aliphatic heterocycles. The first-order valence-corrected chi connectivity index (χ1v) is 9.19. The monoisotopic (exact) mass is 362 g/mol. The van der Waals surface area contributed by atoms with Crippen LogP contribution in [0.1, 0.15) is 40.3 Å². The number of aryl methyl sites for hydroxylation is 1. The molecule has 2 rings (SSSR count). The largest absolute Gasteiger partial charge is 0.462 e. The number of nitrogens with two attached hydrogens (primary N) is 1. The number of carbonyl (C=O) groups excluding carboxylic acids is 2. The molecule has 2 aromatic rings. The normalized spacial score (nSPS) is 10.5. The predicted octanol–water partition coefficient (Wildman–Crippen LogP) is 1.89. The van der Waals surface area contributed by atoms with Crippen molar-refractivity contribution in [2.75, 3.05) is 18.5 Å². The number of hydrogen-bond donors (Lipinski definition) is 2. The standard InChI is InChI=1S/C18H23N3O3S/c1-4-14-12(3)16(18(23)24-5-2)17(25-14)21-15(22)11-19-10-13-8-6-7-9-20-13/h6-9,19H,4-5,10-11H2,1-3H3,(H,21,22)/p+1. The maximum atomic E-state index is 12.2. The fraction of sp³-hybridized carbons (Fsp3) is 0.389. The maximum Gasteiger partial charge on any atom is 0.341 e. The highest BCUT2D eigenvalue weighted by Gasteiger charge is 2.23. The summed E-state index contributed by atoms with van der Waals surface area (Å²) >= 11 is 1.44. The van der Waals surface area contributed by atoms with Crippen molar-refractivity contribution in [1.29, 1.82) is 0 Å². The number of ether oxygens (including phenoxy) is 1. The minimum atomic E-state index is -0.385. The zero-order valence-corrected chi connectivity index (χ0v) is 15.6. The Kier molecular flexibility index (Phi) is 7.09. The smallest absolute Gasteiger partial charge is 0.341 e. The summed E-state index contributed by atoms with van der Waals surface area (Å²) in [5.74, 6) is -0.533. The third-order valence-corrected chi connectivity index (χ3v) is 5.06. The van der Waals surface area contributed by atoms with Gasteiger partial charge in [-0.1, -0.05) is 13.0 Å². The summed E-state index contributed by atoms with van der Waals surface area (Å²) in [5.41, 5.74) is 2.28. The van der Waals surface area contributed by atoms with Crippen molar-refractivity contribution in [2.24, 2.45) is 0 Å². The molecule has 0 aromatic carbocycles. The third kappa shape index (κ3) is 5.11. The Morgan fingerprint density at radius 2 is 2.12 bits per heavy atom. The Morgan fingerprint density at radius 3 is 2.76 bits per heavy atom. The molecule has 0 aliphatic carbocycles. The second kappa shape index (κ2) is 9.29. The van der Waals surface area contributed by atoms with E-state index in [0.29, 0.717) is 23.7 Å². The van der Waals surface area contributed by atoms with E-state index in [9.17, 15) is 9.59 Å². The van der Waals surface area contributed by atoms with E-state index in [0.717, 1.165) is 22.6 Å². The van der Waals surface area contributed by atoms with Crippen molar-refractivity contribution in [3.63, 3.8) is 0 Å². The Labute approximate surface area is 151 Å². The number of carbonyl (C=O) groups is 2. The lowest BCUT2D eigenvalue weighted by Gasteiger charge is -2.07. The van der Waals surface area contributed by atoms with Crippen LogP contribution in [0.15, 0.2) is 24.4 Å². The lowest BCUT2D eigenvalue weighted by molar-refractivity contribution is -0.660. The molecule has 0 saturated heterocycles. The number of anilines is 1. The topological polar surface area (TPSA) is 84.9 Å². The first-order chi connectivity index (χ1) is 12.1. The first-order valence-electron chi connectivity index (χ1n) is 8.37. The summed E-state index contributed by atoms with van der Waals surface area (Å²) in [7, 11) is 0. The van der Waals surface area contributed by atoms with E-state index in [2.05, 4.69) is 10.3 Å². The Morgan fingerprint density at radius 1 is 1.32 bits per heavy atom. The zero-order valence-electron chi connectivity index (χ0n) is 14.8. The van der Waals surface area contributed by atoms with E-state index in [1.807, 2.05) is 37.4 Å². The Balaban J connectivity index is 2.00. The summed E-state index contributed by atoms with van der Waals surface area (Å²) in [6.45, 7) is 6.89. The van der Waals surface area contributed by atoms with Crippen LogP contribution < -0.4 is 10.6 Å². The molecule has 134 valence electrons. The Bertz CT molecular complexity index is 729. The van der Waals surface area contributed by atoms with Gasteiger partial charge < -0.3 is 15.4 Å². The van der Waals surface area contributed by atoms with Gasteiger partial charge in [0.15, 0.2) is 6.54 Å². The third-order valence-electron chi connectivity index (χ3n) is 3.71. The zero-order chi connectivity index (χ0) is 18.2. The van der Waals surface area contributed by atoms with Gasteiger partial charge >= 0.3 is 5.97 Å². The quantitative estimate of drug-likeness (QED) is 0.703. The number of thiophene rings is 1. The second-order valence-corrected chi connectivity index (χ2v) is 6.60. The number of nitrogens with zero attached hydrogens (tertiary/aromatic N) is 1. The number of pyridine rings is 1. The number of amides is 1. The summed E-state index contributed by atoms with van der Waals surface area (Å²) in [5, 5.41) is 5.31. The second-order valence-electron chi connectivity index (χ2n) is 5.49. The van der Waals surface area contributed by atoms with Crippen molar-refractivity contribution in [3.8, 4) is 0 Å². The summed E-state index contributed by atoms with van der Waals surface area (Å²) in [6.07, 6.45) is 2.54. The fourth-order valence-electron chi connectivity index (χ4n) is 2.48. The van der Waals surface area contributed by atoms with E-state index in [4.69, 9.17) is 4.74 Å². The molecule has 0 spiro atoms. The van der Waals surface area contributed by atoms with E-state index in [1.54, 1.807) is 13.1 Å². The van der Waals surface area contributed by atoms with Crippen molar-refractivity contribution < 1.29 is 19.6 Å². The van der Waals surface area contributed by atoms with Crippen LogP contribution in [-0.2, 0) is 22.5 Å². The van der Waals surface area contributed by atoms with Crippen molar-refractivity contribution in [3.05, 3.63) is 46.1 Å². The first kappa shape index (κ1) is 19.1. The van der Waals surface area contributed by atoms with Gasteiger partial charge in [-0.25, -0.2) is 4.79 Å². The fourth-order valence-corrected chi connectivity index (χ4v) is 3.63. The Hall–Kier alpha value is -2.25. The van der Waals surface area contributed by atoms with Crippen LogP contribution in [0.25, 0.3) is 0 Å². The van der Waals surface area contributed by atoms with Crippen LogP contribution in [0.4, 0.5) is 5.00 Å². The molecule has 3 N–H and O–H groups in total. The molecule has 1 amide bonds. The number of hydrogen-bond acceptors (Lipinski definition) is 5. The van der Waals surface area contributed by atoms with Crippen LogP contribution >= 0.6 is 11.3 Å². The van der Waals surface area contributed by atoms with Crippen LogP contribution in [0.3, 0.4) is 0 Å². The lowest BCUT2D eigenvalue weighted by atomic mass is 10.1. The van der Waals surface area contributed by atoms with Gasteiger partial charge in [0.05, 0.1) is 17.9 Å². The number of quaternary nitrogens is 1. The van der Waals surface area contributed by atoms with E-state index < -0.39 is 0 Å². The minimum Gasteiger partial charge on any atom is -0.462 e. The average Bonchev–Trinajstić information content (AvgIpc) is 2.91. The average molecular weight is 362 g/mol. The van der Waals surface area contributed by atoms with Crippen molar-refractivity contribution in [2.45, 2.75) is 33.7 Å². The summed E-state index contributed by atoms with van der Waals surface area (Å²) < 4.78 is 5.13. The van der Waals surface area contributed by atoms with E-state index in [1.165, 1.54) is 11.3 Å². The van der Waals surface area contributed by atoms with Gasteiger partial charge in [-0.15, -0.1) is 11.3 Å². The molecule has 25 heavy (non-hydrogen) atoms. The van der Waals surface area contributed by atoms with Crippen LogP contribution in [-0.4, -0.2) is 30.0 Å².